The largest absolute Gasteiger partial charge is 0.0848 e. The smallest absolute Gasteiger partial charge is 0.00156 e. The maximum atomic E-state index is 2.31. The Morgan fingerprint density at radius 2 is 2.33 bits per heavy atom. The van der Waals surface area contributed by atoms with Gasteiger partial charge in [0.25, 0.3) is 0 Å². The van der Waals surface area contributed by atoms with E-state index in [1.165, 1.54) is 12.8 Å². The molecule has 0 aromatic heterocycles. The van der Waals surface area contributed by atoms with E-state index in [1.807, 2.05) is 0 Å². The van der Waals surface area contributed by atoms with E-state index in [-0.39, 0.29) is 0 Å². The topological polar surface area (TPSA) is 0 Å². The second kappa shape index (κ2) is 0.699. The first-order valence-corrected chi connectivity index (χ1v) is 2.48. The fourth-order valence-corrected chi connectivity index (χ4v) is 1.16. The summed E-state index contributed by atoms with van der Waals surface area (Å²) < 4.78 is 0. The fourth-order valence-electron chi connectivity index (χ4n) is 1.16. The van der Waals surface area contributed by atoms with Crippen molar-refractivity contribution in [1.29, 1.82) is 0 Å². The second-order valence-electron chi connectivity index (χ2n) is 2.19. The molecule has 0 N–H and O–H groups in total. The molecule has 0 saturated heterocycles. The van der Waals surface area contributed by atoms with Gasteiger partial charge in [0.15, 0.2) is 0 Å². The average Bonchev–Trinajstić information content (AvgIpc) is 1.72. The lowest BCUT2D eigenvalue weighted by molar-refractivity contribution is 0.495. The SMILES string of the molecule is C1=CC2C[C]1C2. The van der Waals surface area contributed by atoms with Gasteiger partial charge in [-0.3, -0.25) is 0 Å². The number of hydrogen-bond donors (Lipinski definition) is 0. The second-order valence-corrected chi connectivity index (χ2v) is 2.19. The summed E-state index contributed by atoms with van der Waals surface area (Å²) in [5, 5.41) is 0. The zero-order chi connectivity index (χ0) is 3.98. The normalized spacial score (nSPS) is 31.3. The summed E-state index contributed by atoms with van der Waals surface area (Å²) in [5.41, 5.74) is 0. The summed E-state index contributed by atoms with van der Waals surface area (Å²) in [6.45, 7) is 0. The van der Waals surface area contributed by atoms with Crippen LogP contribution in [0.1, 0.15) is 12.8 Å². The minimum Gasteiger partial charge on any atom is -0.0848 e. The predicted octanol–water partition coefficient (Wildman–Crippen LogP) is 1.54. The molecule has 0 aliphatic heterocycles. The van der Waals surface area contributed by atoms with Gasteiger partial charge in [-0.1, -0.05) is 12.2 Å². The molecule has 0 aromatic carbocycles. The van der Waals surface area contributed by atoms with Crippen LogP contribution in [0.15, 0.2) is 12.2 Å². The van der Waals surface area contributed by atoms with Crippen molar-refractivity contribution in [2.75, 3.05) is 0 Å². The lowest BCUT2D eigenvalue weighted by Crippen LogP contribution is -2.09. The highest BCUT2D eigenvalue weighted by Crippen LogP contribution is 2.43. The highest BCUT2D eigenvalue weighted by atomic mass is 14.3. The molecule has 31 valence electrons. The highest BCUT2D eigenvalue weighted by Gasteiger charge is 2.30. The molecule has 3 aliphatic rings. The van der Waals surface area contributed by atoms with Crippen molar-refractivity contribution in [3.8, 4) is 0 Å². The fraction of sp³-hybridized carbons (Fsp3) is 0.500. The maximum absolute atomic E-state index is 2.31. The molecule has 0 heterocycles. The lowest BCUT2D eigenvalue weighted by atomic mass is 9.83. The van der Waals surface area contributed by atoms with Crippen molar-refractivity contribution in [3.63, 3.8) is 0 Å². The van der Waals surface area contributed by atoms with Crippen molar-refractivity contribution in [3.05, 3.63) is 18.1 Å². The first kappa shape index (κ1) is 2.84. The van der Waals surface area contributed by atoms with Crippen molar-refractivity contribution in [2.45, 2.75) is 12.8 Å². The van der Waals surface area contributed by atoms with Crippen LogP contribution in [0.3, 0.4) is 0 Å². The zero-order valence-electron chi connectivity index (χ0n) is 3.65. The molecule has 0 atom stereocenters. The molecule has 0 aromatic rings. The van der Waals surface area contributed by atoms with Gasteiger partial charge in [-0.2, -0.15) is 0 Å². The quantitative estimate of drug-likeness (QED) is 0.413. The van der Waals surface area contributed by atoms with Gasteiger partial charge >= 0.3 is 0 Å². The molecule has 1 radical (unpaired) electrons. The minimum atomic E-state index is 0.972. The third-order valence-electron chi connectivity index (χ3n) is 1.65. The van der Waals surface area contributed by atoms with Crippen molar-refractivity contribution in [2.24, 2.45) is 5.92 Å². The first-order valence-electron chi connectivity index (χ1n) is 2.48. The average molecular weight is 79.1 g/mol. The molecule has 0 amide bonds. The van der Waals surface area contributed by atoms with Crippen LogP contribution < -0.4 is 0 Å². The molecule has 0 heteroatoms. The summed E-state index contributed by atoms with van der Waals surface area (Å²) >= 11 is 0. The van der Waals surface area contributed by atoms with Gasteiger partial charge in [0, 0.05) is 0 Å². The van der Waals surface area contributed by atoms with E-state index in [4.69, 9.17) is 0 Å². The van der Waals surface area contributed by atoms with Gasteiger partial charge in [-0.05, 0) is 24.7 Å². The summed E-state index contributed by atoms with van der Waals surface area (Å²) in [7, 11) is 0. The van der Waals surface area contributed by atoms with E-state index in [0.29, 0.717) is 0 Å². The third-order valence-corrected chi connectivity index (χ3v) is 1.65. The molecule has 3 rings (SSSR count). The van der Waals surface area contributed by atoms with E-state index in [2.05, 4.69) is 12.2 Å². The molecular formula is C6H7. The molecular weight excluding hydrogens is 72.1 g/mol. The van der Waals surface area contributed by atoms with Crippen LogP contribution in [0.5, 0.6) is 0 Å². The third kappa shape index (κ3) is 0.173. The highest BCUT2D eigenvalue weighted by molar-refractivity contribution is 5.29. The Morgan fingerprint density at radius 1 is 1.50 bits per heavy atom. The Balaban J connectivity index is 2.32. The van der Waals surface area contributed by atoms with E-state index >= 15 is 0 Å². The molecule has 3 aliphatic carbocycles. The van der Waals surface area contributed by atoms with E-state index < -0.39 is 0 Å². The first-order chi connectivity index (χ1) is 2.95. The molecule has 1 fully saturated rings. The van der Waals surface area contributed by atoms with Gasteiger partial charge in [0.1, 0.15) is 0 Å². The van der Waals surface area contributed by atoms with Gasteiger partial charge in [-0.15, -0.1) is 0 Å². The van der Waals surface area contributed by atoms with Crippen LogP contribution in [0.4, 0.5) is 0 Å². The van der Waals surface area contributed by atoms with Gasteiger partial charge < -0.3 is 0 Å². The van der Waals surface area contributed by atoms with Gasteiger partial charge in [-0.25, -0.2) is 0 Å². The Labute approximate surface area is 37.9 Å². The van der Waals surface area contributed by atoms with Gasteiger partial charge in [0.05, 0.1) is 0 Å². The summed E-state index contributed by atoms with van der Waals surface area (Å²) in [6.07, 6.45) is 7.36. The zero-order valence-corrected chi connectivity index (χ0v) is 3.65. The Hall–Kier alpha value is -0.260. The molecule has 6 heavy (non-hydrogen) atoms. The number of allylic oxidation sites excluding steroid dienone is 2. The van der Waals surface area contributed by atoms with Crippen molar-refractivity contribution >= 4 is 0 Å². The summed E-state index contributed by atoms with van der Waals surface area (Å²) in [5.74, 6) is 2.64. The summed E-state index contributed by atoms with van der Waals surface area (Å²) in [4.78, 5) is 0. The van der Waals surface area contributed by atoms with E-state index in [1.54, 1.807) is 5.92 Å². The standard InChI is InChI=1S/C6H7/c1-2-6-3-5(1)4-6/h1-2,5H,3-4H2. The molecule has 2 bridgehead atoms. The van der Waals surface area contributed by atoms with Crippen LogP contribution >= 0.6 is 0 Å². The number of hydrogen-bond acceptors (Lipinski definition) is 0. The number of rotatable bonds is 0. The van der Waals surface area contributed by atoms with E-state index in [9.17, 15) is 0 Å². The van der Waals surface area contributed by atoms with E-state index in [0.717, 1.165) is 5.92 Å². The van der Waals surface area contributed by atoms with Gasteiger partial charge in [0.2, 0.25) is 0 Å². The Morgan fingerprint density at radius 3 is 2.50 bits per heavy atom. The van der Waals surface area contributed by atoms with Crippen LogP contribution in [-0.2, 0) is 0 Å². The van der Waals surface area contributed by atoms with Crippen LogP contribution in [-0.4, -0.2) is 0 Å². The maximum Gasteiger partial charge on any atom is -0.00156 e. The molecule has 0 nitrogen and oxygen atoms in total. The van der Waals surface area contributed by atoms with Crippen molar-refractivity contribution in [1.82, 2.24) is 0 Å². The molecule has 1 saturated carbocycles. The lowest BCUT2D eigenvalue weighted by Gasteiger charge is -2.21. The van der Waals surface area contributed by atoms with Crippen LogP contribution in [0, 0.1) is 11.8 Å². The van der Waals surface area contributed by atoms with Crippen molar-refractivity contribution < 1.29 is 0 Å². The molecule has 0 spiro atoms. The Kier molecular flexibility index (Phi) is 0.331. The van der Waals surface area contributed by atoms with Crippen LogP contribution in [0.2, 0.25) is 0 Å². The minimum absolute atomic E-state index is 0.972. The summed E-state index contributed by atoms with van der Waals surface area (Å²) in [6, 6.07) is 0. The monoisotopic (exact) mass is 79.1 g/mol. The molecule has 0 unspecified atom stereocenters. The Bertz CT molecular complexity index is 76.2. The van der Waals surface area contributed by atoms with Crippen LogP contribution in [0.25, 0.3) is 0 Å². The predicted molar refractivity (Wildman–Crippen MR) is 25.1 cm³/mol.